The molecule has 4 rings (SSSR count). The van der Waals surface area contributed by atoms with E-state index in [9.17, 15) is 9.59 Å². The van der Waals surface area contributed by atoms with Crippen molar-refractivity contribution in [1.29, 1.82) is 5.41 Å². The molecule has 7 nitrogen and oxygen atoms in total. The first-order valence-corrected chi connectivity index (χ1v) is 12.5. The zero-order valence-corrected chi connectivity index (χ0v) is 21.0. The summed E-state index contributed by atoms with van der Waals surface area (Å²) in [5.74, 6) is -0.336. The van der Waals surface area contributed by atoms with E-state index in [1.54, 1.807) is 24.3 Å². The number of nitrogens with one attached hydrogen (secondary N) is 2. The lowest BCUT2D eigenvalue weighted by molar-refractivity contribution is -0.140. The maximum atomic E-state index is 12.7. The fraction of sp³-hybridized carbons (Fsp3) is 0.300. The monoisotopic (exact) mass is 499 g/mol. The molecule has 1 fully saturated rings. The van der Waals surface area contributed by atoms with Crippen LogP contribution in [-0.2, 0) is 21.6 Å². The van der Waals surface area contributed by atoms with Crippen molar-refractivity contribution in [1.82, 2.24) is 5.32 Å². The van der Waals surface area contributed by atoms with Gasteiger partial charge in [0.2, 0.25) is 0 Å². The van der Waals surface area contributed by atoms with Gasteiger partial charge < -0.3 is 20.5 Å². The van der Waals surface area contributed by atoms with Crippen molar-refractivity contribution in [3.8, 4) is 5.75 Å². The third-order valence-electron chi connectivity index (χ3n) is 7.08. The van der Waals surface area contributed by atoms with Crippen molar-refractivity contribution in [2.75, 3.05) is 6.54 Å². The molecule has 1 saturated carbocycles. The second kappa shape index (κ2) is 11.7. The van der Waals surface area contributed by atoms with Crippen molar-refractivity contribution < 1.29 is 19.1 Å². The zero-order valence-electron chi connectivity index (χ0n) is 21.0. The Morgan fingerprint density at radius 1 is 0.973 bits per heavy atom. The number of nitrogens with two attached hydrogens (primary N) is 1. The second-order valence-corrected chi connectivity index (χ2v) is 9.70. The van der Waals surface area contributed by atoms with Crippen molar-refractivity contribution in [3.05, 3.63) is 101 Å². The van der Waals surface area contributed by atoms with Gasteiger partial charge in [0.15, 0.2) is 5.96 Å². The molecule has 3 aromatic carbocycles. The van der Waals surface area contributed by atoms with Gasteiger partial charge >= 0.3 is 11.9 Å². The van der Waals surface area contributed by atoms with Gasteiger partial charge in [-0.1, -0.05) is 60.2 Å². The Morgan fingerprint density at radius 2 is 1.62 bits per heavy atom. The minimum atomic E-state index is -0.379. The molecule has 1 aliphatic rings. The number of ether oxygens (including phenoxy) is 2. The van der Waals surface area contributed by atoms with Gasteiger partial charge in [0.05, 0.1) is 11.5 Å². The lowest BCUT2D eigenvalue weighted by Crippen LogP contribution is -2.46. The predicted octanol–water partition coefficient (Wildman–Crippen LogP) is 4.87. The van der Waals surface area contributed by atoms with E-state index >= 15 is 0 Å². The van der Waals surface area contributed by atoms with E-state index in [-0.39, 0.29) is 35.8 Å². The quantitative estimate of drug-likeness (QED) is 0.176. The van der Waals surface area contributed by atoms with Crippen LogP contribution in [0.25, 0.3) is 0 Å². The van der Waals surface area contributed by atoms with Crippen molar-refractivity contribution >= 4 is 17.9 Å². The normalized spacial score (nSPS) is 19.0. The molecule has 0 aromatic heterocycles. The largest absolute Gasteiger partial charge is 0.457 e. The van der Waals surface area contributed by atoms with Crippen LogP contribution in [0.5, 0.6) is 5.75 Å². The van der Waals surface area contributed by atoms with Gasteiger partial charge in [-0.05, 0) is 68.0 Å². The van der Waals surface area contributed by atoms with Crippen LogP contribution >= 0.6 is 0 Å². The molecule has 0 radical (unpaired) electrons. The van der Waals surface area contributed by atoms with Crippen LogP contribution in [0, 0.1) is 18.3 Å². The smallest absolute Gasteiger partial charge is 0.338 e. The lowest BCUT2D eigenvalue weighted by atomic mass is 9.66. The van der Waals surface area contributed by atoms with Gasteiger partial charge in [0, 0.05) is 12.0 Å². The number of hydrogen-bond donors (Lipinski definition) is 3. The third-order valence-corrected chi connectivity index (χ3v) is 7.08. The summed E-state index contributed by atoms with van der Waals surface area (Å²) in [5, 5.41) is 10.6. The Morgan fingerprint density at radius 3 is 2.24 bits per heavy atom. The van der Waals surface area contributed by atoms with Crippen LogP contribution in [0.1, 0.15) is 52.7 Å². The molecule has 4 N–H and O–H groups in total. The molecular weight excluding hydrogens is 466 g/mol. The Balaban J connectivity index is 1.41. The summed E-state index contributed by atoms with van der Waals surface area (Å²) in [6, 6.07) is 24.4. The standard InChI is InChI=1S/C30H33N3O4/c1-21-7-9-22(10-8-21)19-36-27(34)23-11-13-25(14-12-23)30(20-33-29(31)32)17-15-24(16-18-30)28(35)37-26-5-3-2-4-6-26/h2-14,24H,15-20H2,1H3,(H4,31,32,33)/t24-,30+. The van der Waals surface area contributed by atoms with Gasteiger partial charge in [-0.2, -0.15) is 0 Å². The number of rotatable bonds is 8. The highest BCUT2D eigenvalue weighted by Crippen LogP contribution is 2.42. The van der Waals surface area contributed by atoms with Gasteiger partial charge in [0.1, 0.15) is 12.4 Å². The highest BCUT2D eigenvalue weighted by Gasteiger charge is 2.39. The average Bonchev–Trinajstić information content (AvgIpc) is 2.92. The summed E-state index contributed by atoms with van der Waals surface area (Å²) < 4.78 is 11.1. The highest BCUT2D eigenvalue weighted by atomic mass is 16.5. The molecule has 0 spiro atoms. The predicted molar refractivity (Wildman–Crippen MR) is 142 cm³/mol. The minimum Gasteiger partial charge on any atom is -0.457 e. The molecule has 0 aliphatic heterocycles. The first-order chi connectivity index (χ1) is 17.8. The van der Waals surface area contributed by atoms with Crippen LogP contribution in [0.4, 0.5) is 0 Å². The first kappa shape index (κ1) is 25.9. The van der Waals surface area contributed by atoms with Gasteiger partial charge in [-0.15, -0.1) is 0 Å². The van der Waals surface area contributed by atoms with Crippen molar-refractivity contribution in [2.45, 2.75) is 44.6 Å². The zero-order chi connectivity index (χ0) is 26.3. The van der Waals surface area contributed by atoms with E-state index < -0.39 is 0 Å². The fourth-order valence-corrected chi connectivity index (χ4v) is 4.80. The second-order valence-electron chi connectivity index (χ2n) is 9.70. The number of carbonyl (C=O) groups is 2. The number of carbonyl (C=O) groups excluding carboxylic acids is 2. The molecule has 1 aliphatic carbocycles. The molecule has 0 bridgehead atoms. The fourth-order valence-electron chi connectivity index (χ4n) is 4.80. The molecular formula is C30H33N3O4. The highest BCUT2D eigenvalue weighted by molar-refractivity contribution is 5.89. The summed E-state index contributed by atoms with van der Waals surface area (Å²) in [5.41, 5.74) is 8.88. The SMILES string of the molecule is Cc1ccc(COC(=O)c2ccc([C@]3(CNC(=N)N)CC[C@H](C(=O)Oc4ccccc4)CC3)cc2)cc1. The number of esters is 2. The maximum Gasteiger partial charge on any atom is 0.338 e. The van der Waals surface area contributed by atoms with E-state index in [4.69, 9.17) is 20.6 Å². The summed E-state index contributed by atoms with van der Waals surface area (Å²) in [6.45, 7) is 2.70. The van der Waals surface area contributed by atoms with Gasteiger partial charge in [-0.3, -0.25) is 10.2 Å². The van der Waals surface area contributed by atoms with E-state index in [1.165, 1.54) is 0 Å². The molecule has 0 atom stereocenters. The van der Waals surface area contributed by atoms with Gasteiger partial charge in [0.25, 0.3) is 0 Å². The van der Waals surface area contributed by atoms with Crippen molar-refractivity contribution in [3.63, 3.8) is 0 Å². The van der Waals surface area contributed by atoms with Gasteiger partial charge in [-0.25, -0.2) is 4.79 Å². The topological polar surface area (TPSA) is 115 Å². The molecule has 0 saturated heterocycles. The van der Waals surface area contributed by atoms with Crippen LogP contribution < -0.4 is 15.8 Å². The number of hydrogen-bond acceptors (Lipinski definition) is 5. The van der Waals surface area contributed by atoms with Crippen LogP contribution in [-0.4, -0.2) is 24.4 Å². The summed E-state index contributed by atoms with van der Waals surface area (Å²) in [7, 11) is 0. The van der Waals surface area contributed by atoms with E-state index in [1.807, 2.05) is 61.5 Å². The molecule has 37 heavy (non-hydrogen) atoms. The molecule has 0 unspecified atom stereocenters. The van der Waals surface area contributed by atoms with Crippen LogP contribution in [0.2, 0.25) is 0 Å². The maximum absolute atomic E-state index is 12.7. The molecule has 7 heteroatoms. The third kappa shape index (κ3) is 6.76. The molecule has 0 heterocycles. The average molecular weight is 500 g/mol. The summed E-state index contributed by atoms with van der Waals surface area (Å²) in [6.07, 6.45) is 2.76. The van der Waals surface area contributed by atoms with E-state index in [0.29, 0.717) is 30.7 Å². The molecule has 0 amide bonds. The Bertz CT molecular complexity index is 1220. The first-order valence-electron chi connectivity index (χ1n) is 12.5. The number of benzene rings is 3. The Hall–Kier alpha value is -4.13. The van der Waals surface area contributed by atoms with Crippen LogP contribution in [0.3, 0.4) is 0 Å². The molecule has 192 valence electrons. The minimum absolute atomic E-state index is 0.0960. The molecule has 3 aromatic rings. The summed E-state index contributed by atoms with van der Waals surface area (Å²) >= 11 is 0. The number of para-hydroxylation sites is 1. The lowest BCUT2D eigenvalue weighted by Gasteiger charge is -2.40. The number of guanidine groups is 1. The van der Waals surface area contributed by atoms with E-state index in [0.717, 1.165) is 29.5 Å². The van der Waals surface area contributed by atoms with E-state index in [2.05, 4.69) is 5.32 Å². The van der Waals surface area contributed by atoms with Crippen LogP contribution in [0.15, 0.2) is 78.9 Å². The Labute approximate surface area is 217 Å². The summed E-state index contributed by atoms with van der Waals surface area (Å²) in [4.78, 5) is 25.3. The Kier molecular flexibility index (Phi) is 8.23. The van der Waals surface area contributed by atoms with Crippen molar-refractivity contribution in [2.24, 2.45) is 11.7 Å². The number of aryl methyl sites for hydroxylation is 1.